The van der Waals surface area contributed by atoms with Crippen molar-refractivity contribution in [2.24, 2.45) is 29.6 Å². The predicted octanol–water partition coefficient (Wildman–Crippen LogP) is 5.73. The number of nitrogens with zero attached hydrogens (tertiary/aromatic N) is 2. The number of benzene rings is 1. The van der Waals surface area contributed by atoms with Crippen molar-refractivity contribution in [3.8, 4) is 11.5 Å². The molecule has 29 heteroatoms. The molecule has 590 valence electrons. The van der Waals surface area contributed by atoms with Crippen LogP contribution in [0.2, 0.25) is 0 Å². The summed E-state index contributed by atoms with van der Waals surface area (Å²) in [7, 11) is 8.58. The molecule has 3 fully saturated rings. The number of Topliss-reactive ketones (excluding diaryl/α,β-unsaturated/α-hetero) is 3. The van der Waals surface area contributed by atoms with Gasteiger partial charge in [0.2, 0.25) is 11.6 Å². The molecule has 3 saturated heterocycles. The van der Waals surface area contributed by atoms with E-state index in [1.54, 1.807) is 68.4 Å². The van der Waals surface area contributed by atoms with Crippen LogP contribution in [0.1, 0.15) is 185 Å². The van der Waals surface area contributed by atoms with Crippen LogP contribution in [0.3, 0.4) is 0 Å². The second-order valence-electron chi connectivity index (χ2n) is 30.7. The van der Waals surface area contributed by atoms with Crippen LogP contribution in [0.25, 0.3) is 0 Å². The SMILES string of the molecule is CC[C@H]1OC(=O)[C@H](C)[C@@H](O[C@H]2C[C@@](C)(OC)[C@@H](OC(=O)NCCNC3=C4NC(=O)/C(C)=C\C=C\[C@H](C)[C@H](O)C[C@@H](O)[C@@H](C)[C@H](OC(C)=O)[C@H](C)[C@@H](OC)/C=C/O[C@@]5(C)Oc6c(C)c(O)c(c(c6C5=O)C3=O)C4=O)[C@H](C)O2)[C@H](C)[C@@H](O[C@H]2C[C@@H](N(C)C)C[C@@H](C)O2)[C@](C)(O)CCCN(C)[C@H](C)[C@@H](O)[C@]1(C)O. The zero-order valence-electron chi connectivity index (χ0n) is 64.9. The van der Waals surface area contributed by atoms with E-state index in [1.807, 2.05) is 39.9 Å². The molecule has 9 N–H and O–H groups in total. The number of phenols is 1. The van der Waals surface area contributed by atoms with Crippen LogP contribution in [0.4, 0.5) is 4.79 Å². The molecule has 2 amide bonds. The topological polar surface area (TPSA) is 385 Å². The van der Waals surface area contributed by atoms with Crippen molar-refractivity contribution in [2.45, 2.75) is 270 Å². The second-order valence-corrected chi connectivity index (χ2v) is 30.7. The number of carbonyl (C=O) groups is 7. The van der Waals surface area contributed by atoms with Gasteiger partial charge >= 0.3 is 23.8 Å². The Morgan fingerprint density at radius 1 is 0.800 bits per heavy atom. The van der Waals surface area contributed by atoms with Gasteiger partial charge < -0.3 is 108 Å². The summed E-state index contributed by atoms with van der Waals surface area (Å²) in [5.41, 5.74) is -7.72. The Morgan fingerprint density at radius 3 is 2.10 bits per heavy atom. The number of ether oxygens (including phenoxy) is 11. The number of ketones is 3. The van der Waals surface area contributed by atoms with Crippen LogP contribution in [-0.4, -0.2) is 251 Å². The highest BCUT2D eigenvalue weighted by atomic mass is 16.7. The number of aliphatic hydroxyl groups excluding tert-OH is 3. The number of amides is 2. The van der Waals surface area contributed by atoms with E-state index in [1.165, 1.54) is 67.1 Å². The minimum Gasteiger partial charge on any atom is -0.507 e. The molecule has 0 saturated carbocycles. The third-order valence-corrected chi connectivity index (χ3v) is 22.4. The summed E-state index contributed by atoms with van der Waals surface area (Å²) < 4.78 is 69.0. The number of carbonyl (C=O) groups excluding carboxylic acids is 7. The Kier molecular flexibility index (Phi) is 28.8. The normalized spacial score (nSPS) is 39.3. The summed E-state index contributed by atoms with van der Waals surface area (Å²) >= 11 is 0. The number of esters is 2. The highest BCUT2D eigenvalue weighted by molar-refractivity contribution is 6.32. The maximum absolute atomic E-state index is 15.2. The van der Waals surface area contributed by atoms with Gasteiger partial charge in [-0.15, -0.1) is 0 Å². The highest BCUT2D eigenvalue weighted by Crippen LogP contribution is 2.49. The number of alkyl carbamates (subject to hydrolysis) is 1. The van der Waals surface area contributed by atoms with E-state index >= 15 is 4.79 Å². The van der Waals surface area contributed by atoms with Crippen molar-refractivity contribution in [2.75, 3.05) is 55.0 Å². The van der Waals surface area contributed by atoms with Crippen LogP contribution in [0.5, 0.6) is 11.5 Å². The van der Waals surface area contributed by atoms with E-state index in [0.717, 1.165) is 12.7 Å². The number of likely N-dealkylation sites (N-methyl/N-ethyl adjacent to an activating group) is 1. The van der Waals surface area contributed by atoms with Crippen LogP contribution in [0, 0.1) is 36.5 Å². The molecule has 5 bridgehead atoms. The van der Waals surface area contributed by atoms with Crippen molar-refractivity contribution in [3.05, 3.63) is 69.8 Å². The van der Waals surface area contributed by atoms with Crippen LogP contribution >= 0.6 is 0 Å². The second kappa shape index (κ2) is 35.3. The monoisotopic (exact) mass is 1480 g/mol. The van der Waals surface area contributed by atoms with E-state index in [-0.39, 0.29) is 67.8 Å². The quantitative estimate of drug-likeness (QED) is 0.0609. The molecule has 24 atom stereocenters. The molecule has 105 heavy (non-hydrogen) atoms. The van der Waals surface area contributed by atoms with E-state index in [4.69, 9.17) is 52.1 Å². The number of nitrogens with one attached hydrogen (secondary N) is 3. The lowest BCUT2D eigenvalue weighted by Gasteiger charge is -2.48. The molecule has 0 spiro atoms. The first kappa shape index (κ1) is 85.8. The Balaban J connectivity index is 1.16. The lowest BCUT2D eigenvalue weighted by atomic mass is 9.79. The first-order valence-corrected chi connectivity index (χ1v) is 36.6. The molecule has 6 heterocycles. The number of fused-ring (bicyclic) bond motifs is 14. The highest BCUT2D eigenvalue weighted by Gasteiger charge is 2.56. The van der Waals surface area contributed by atoms with Crippen molar-refractivity contribution in [1.29, 1.82) is 0 Å². The van der Waals surface area contributed by atoms with Crippen LogP contribution in [0.15, 0.2) is 47.5 Å². The third kappa shape index (κ3) is 19.2. The molecule has 7 aliphatic rings. The van der Waals surface area contributed by atoms with Crippen LogP contribution < -0.4 is 20.7 Å². The lowest BCUT2D eigenvalue weighted by Crippen LogP contribution is -2.60. The minimum atomic E-state index is -2.23. The molecule has 0 unspecified atom stereocenters. The molecular weight excluding hydrogens is 1370 g/mol. The van der Waals surface area contributed by atoms with Gasteiger partial charge in [0.05, 0.1) is 77.2 Å². The Labute approximate surface area is 616 Å². The largest absolute Gasteiger partial charge is 0.507 e. The maximum atomic E-state index is 15.2. The number of hydrogen-bond acceptors (Lipinski definition) is 27. The smallest absolute Gasteiger partial charge is 0.407 e. The average Bonchev–Trinajstić information content (AvgIpc) is 1.64. The summed E-state index contributed by atoms with van der Waals surface area (Å²) in [5.74, 6) is -12.6. The Bertz CT molecular complexity index is 3430. The summed E-state index contributed by atoms with van der Waals surface area (Å²) in [5, 5.41) is 79.1. The van der Waals surface area contributed by atoms with Gasteiger partial charge in [0.1, 0.15) is 52.4 Å². The Morgan fingerprint density at radius 2 is 1.48 bits per heavy atom. The molecule has 1 aliphatic carbocycles. The van der Waals surface area contributed by atoms with Crippen molar-refractivity contribution < 1.29 is 116 Å². The summed E-state index contributed by atoms with van der Waals surface area (Å²) in [6, 6.07) is -0.516. The van der Waals surface area contributed by atoms with Crippen molar-refractivity contribution in [3.63, 3.8) is 0 Å². The molecule has 1 aromatic rings. The van der Waals surface area contributed by atoms with Crippen molar-refractivity contribution >= 4 is 41.3 Å². The van der Waals surface area contributed by atoms with Gasteiger partial charge in [-0.05, 0) is 122 Å². The minimum absolute atomic E-state index is 0.00823. The standard InChI is InChI=1S/C76H117N5O24/c1-22-52-75(15,94)66(88)45(10)81(19)31-24-28-73(13,93)68(103-53-34-48(80(17)18)33-39(4)98-53)43(8)64(44(9)71(91)101-52)102-54-36-74(14,96-21)69(46(11)99-54)104-72(92)78-30-29-77-58-59-62(87)56-55(61(58)86)57-65(42(7)60(56)85)105-76(16,67(57)89)97-32-27-51(95-20)41(6)63(100-47(12)82)40(5)50(84)35-49(83)37(2)25-23-26-38(3)70(90)79-59/h23,25-27,32,37,39-41,43-46,48-54,63-64,66,68-69,77,83-85,88,93-94H,22,24,28-31,33-36H2,1-21H3,(H,78,92)(H,79,90)/b25-23+,32-27+,38-26-/t37-,39+,40+,41+,43-,44+,45+,46-,48-,49+,50+,51-,52+,53-,54-,63-,64-,66+,68+,69-,73+,74+,75+,76-/m0/s1. The average molecular weight is 1480 g/mol. The number of allylic oxidation sites excluding steroid dienone is 4. The molecule has 0 radical (unpaired) electrons. The molecule has 0 aromatic heterocycles. The van der Waals surface area contributed by atoms with E-state index < -0.39 is 207 Å². The van der Waals surface area contributed by atoms with Gasteiger partial charge in [0, 0.05) is 107 Å². The number of methoxy groups -OCH3 is 2. The lowest BCUT2D eigenvalue weighted by molar-refractivity contribution is -0.307. The van der Waals surface area contributed by atoms with Gasteiger partial charge in [-0.2, -0.15) is 0 Å². The third-order valence-electron chi connectivity index (χ3n) is 22.4. The molecule has 8 rings (SSSR count). The number of cyclic esters (lactones) is 1. The van der Waals surface area contributed by atoms with E-state index in [2.05, 4.69) is 20.9 Å². The molecule has 29 nitrogen and oxygen atoms in total. The van der Waals surface area contributed by atoms with Gasteiger partial charge in [-0.3, -0.25) is 28.8 Å². The van der Waals surface area contributed by atoms with Gasteiger partial charge in [-0.25, -0.2) is 4.79 Å². The summed E-state index contributed by atoms with van der Waals surface area (Å²) in [4.78, 5) is 104. The van der Waals surface area contributed by atoms with E-state index in [0.29, 0.717) is 19.4 Å². The number of aromatic hydroxyl groups is 1. The molecular formula is C76H117N5O24. The first-order chi connectivity index (χ1) is 49.0. The number of phenolic OH excluding ortho intramolecular Hbond substituents is 1. The molecule has 1 aromatic carbocycles. The zero-order chi connectivity index (χ0) is 78.4. The first-order valence-electron chi connectivity index (χ1n) is 36.6. The number of hydrogen-bond donors (Lipinski definition) is 9. The van der Waals surface area contributed by atoms with Gasteiger partial charge in [-0.1, -0.05) is 52.8 Å². The van der Waals surface area contributed by atoms with Gasteiger partial charge in [0.15, 0.2) is 18.7 Å². The fourth-order valence-electron chi connectivity index (χ4n) is 15.3. The maximum Gasteiger partial charge on any atom is 0.407 e. The van der Waals surface area contributed by atoms with Gasteiger partial charge in [0.25, 0.3) is 11.7 Å². The zero-order valence-corrected chi connectivity index (χ0v) is 64.9. The van der Waals surface area contributed by atoms with Crippen LogP contribution in [-0.2, 0) is 61.8 Å². The van der Waals surface area contributed by atoms with Crippen molar-refractivity contribution in [1.82, 2.24) is 25.8 Å². The number of rotatable bonds is 14. The summed E-state index contributed by atoms with van der Waals surface area (Å²) in [6.45, 7) is 25.4. The molecule has 6 aliphatic heterocycles. The Hall–Kier alpha value is -6.45. The fourth-order valence-corrected chi connectivity index (χ4v) is 15.3. The predicted molar refractivity (Wildman–Crippen MR) is 382 cm³/mol. The summed E-state index contributed by atoms with van der Waals surface area (Å²) in [6.07, 6.45) is -5.44. The van der Waals surface area contributed by atoms with E-state index in [9.17, 15) is 59.4 Å². The number of aliphatic hydroxyl groups is 5. The fraction of sp³-hybridized carbons (Fsp3) is 0.724.